The summed E-state index contributed by atoms with van der Waals surface area (Å²) in [6.07, 6.45) is 0.353. The van der Waals surface area contributed by atoms with E-state index in [1.807, 2.05) is 66.7 Å². The van der Waals surface area contributed by atoms with Crippen molar-refractivity contribution in [1.82, 2.24) is 5.32 Å². The molecule has 0 saturated heterocycles. The van der Waals surface area contributed by atoms with Crippen LogP contribution in [0.25, 0.3) is 0 Å². The van der Waals surface area contributed by atoms with Crippen LogP contribution in [0.2, 0.25) is 0 Å². The molecule has 0 aliphatic carbocycles. The van der Waals surface area contributed by atoms with E-state index in [1.165, 1.54) is 0 Å². The number of benzene rings is 3. The van der Waals surface area contributed by atoms with E-state index in [0.29, 0.717) is 25.1 Å². The van der Waals surface area contributed by atoms with Crippen LogP contribution in [-0.2, 0) is 29.1 Å². The van der Waals surface area contributed by atoms with Crippen molar-refractivity contribution >= 4 is 11.9 Å². The van der Waals surface area contributed by atoms with Gasteiger partial charge in [0.1, 0.15) is 12.4 Å². The lowest BCUT2D eigenvalue weighted by molar-refractivity contribution is -0.139. The minimum absolute atomic E-state index is 0.309. The highest BCUT2D eigenvalue weighted by molar-refractivity contribution is 5.97. The van der Waals surface area contributed by atoms with Crippen LogP contribution in [0.4, 0.5) is 0 Å². The number of esters is 1. The van der Waals surface area contributed by atoms with Gasteiger partial charge in [-0.25, -0.2) is 4.79 Å². The molecule has 0 aromatic heterocycles. The van der Waals surface area contributed by atoms with Gasteiger partial charge in [-0.3, -0.25) is 4.79 Å². The fraction of sp³-hybridized carbons (Fsp3) is 0.200. The summed E-state index contributed by atoms with van der Waals surface area (Å²) in [5, 5.41) is 2.90. The molecule has 0 saturated carbocycles. The van der Waals surface area contributed by atoms with Crippen LogP contribution < -0.4 is 10.1 Å². The maximum atomic E-state index is 12.8. The second kappa shape index (κ2) is 8.41. The normalized spacial score (nSPS) is 17.6. The van der Waals surface area contributed by atoms with Gasteiger partial charge in [0.2, 0.25) is 0 Å². The Morgan fingerprint density at radius 3 is 2.57 bits per heavy atom. The lowest BCUT2D eigenvalue weighted by atomic mass is 9.89. The zero-order valence-corrected chi connectivity index (χ0v) is 16.8. The van der Waals surface area contributed by atoms with Crippen molar-refractivity contribution in [2.75, 3.05) is 0 Å². The summed E-state index contributed by atoms with van der Waals surface area (Å²) >= 11 is 0. The largest absolute Gasteiger partial charge is 0.489 e. The summed E-state index contributed by atoms with van der Waals surface area (Å²) in [4.78, 5) is 25.1. The van der Waals surface area contributed by atoms with Crippen LogP contribution in [0.1, 0.15) is 34.0 Å². The first-order chi connectivity index (χ1) is 14.5. The molecule has 0 radical (unpaired) electrons. The maximum absolute atomic E-state index is 12.8. The molecule has 0 spiro atoms. The Hall–Kier alpha value is -3.60. The first-order valence-electron chi connectivity index (χ1n) is 9.89. The molecule has 3 aromatic carbocycles. The first kappa shape index (κ1) is 19.7. The third-order valence-corrected chi connectivity index (χ3v) is 5.16. The predicted molar refractivity (Wildman–Crippen MR) is 113 cm³/mol. The standard InChI is InChI=1S/C25H23NO4/c1-25(15-20-10-5-6-13-22(20)23(27)30-25)24(28)26-16-18-8-7-9-19(14-18)17-29-21-11-3-2-4-12-21/h2-14H,15-17H2,1H3,(H,26,28). The average Bonchev–Trinajstić information content (AvgIpc) is 2.77. The molecule has 1 amide bonds. The molecule has 1 aliphatic heterocycles. The van der Waals surface area contributed by atoms with Crippen LogP contribution in [0, 0.1) is 0 Å². The van der Waals surface area contributed by atoms with Crippen molar-refractivity contribution in [1.29, 1.82) is 0 Å². The molecule has 1 unspecified atom stereocenters. The number of rotatable bonds is 6. The summed E-state index contributed by atoms with van der Waals surface area (Å²) in [6, 6.07) is 24.7. The van der Waals surface area contributed by atoms with Gasteiger partial charge in [-0.05, 0) is 41.8 Å². The van der Waals surface area contributed by atoms with E-state index in [9.17, 15) is 9.59 Å². The Morgan fingerprint density at radius 2 is 1.73 bits per heavy atom. The summed E-state index contributed by atoms with van der Waals surface area (Å²) < 4.78 is 11.3. The number of carbonyl (C=O) groups is 2. The van der Waals surface area contributed by atoms with E-state index in [2.05, 4.69) is 5.32 Å². The number of carbonyl (C=O) groups excluding carboxylic acids is 2. The van der Waals surface area contributed by atoms with Gasteiger partial charge in [0.05, 0.1) is 5.56 Å². The number of cyclic esters (lactones) is 1. The number of hydrogen-bond acceptors (Lipinski definition) is 4. The Balaban J connectivity index is 1.37. The van der Waals surface area contributed by atoms with Crippen molar-refractivity contribution in [3.05, 3.63) is 101 Å². The summed E-state index contributed by atoms with van der Waals surface area (Å²) in [6.45, 7) is 2.44. The molecule has 1 atom stereocenters. The topological polar surface area (TPSA) is 64.6 Å². The Labute approximate surface area is 175 Å². The van der Waals surface area contributed by atoms with E-state index in [1.54, 1.807) is 19.1 Å². The molecule has 3 aromatic rings. The molecule has 0 fully saturated rings. The minimum atomic E-state index is -1.22. The van der Waals surface area contributed by atoms with Gasteiger partial charge in [-0.1, -0.05) is 60.7 Å². The van der Waals surface area contributed by atoms with Gasteiger partial charge in [-0.15, -0.1) is 0 Å². The molecular weight excluding hydrogens is 378 g/mol. The van der Waals surface area contributed by atoms with Crippen LogP contribution in [0.15, 0.2) is 78.9 Å². The van der Waals surface area contributed by atoms with E-state index in [0.717, 1.165) is 22.4 Å². The van der Waals surface area contributed by atoms with Gasteiger partial charge in [-0.2, -0.15) is 0 Å². The minimum Gasteiger partial charge on any atom is -0.489 e. The Bertz CT molecular complexity index is 1060. The SMILES string of the molecule is CC1(C(=O)NCc2cccc(COc3ccccc3)c2)Cc2ccccc2C(=O)O1. The molecule has 1 N–H and O–H groups in total. The molecule has 1 aliphatic rings. The first-order valence-corrected chi connectivity index (χ1v) is 9.89. The van der Waals surface area contributed by atoms with Crippen LogP contribution in [0.5, 0.6) is 5.75 Å². The smallest absolute Gasteiger partial charge is 0.339 e. The zero-order valence-electron chi connectivity index (χ0n) is 16.8. The molecule has 30 heavy (non-hydrogen) atoms. The van der Waals surface area contributed by atoms with E-state index < -0.39 is 11.6 Å². The number of hydrogen-bond donors (Lipinski definition) is 1. The molecular formula is C25H23NO4. The lowest BCUT2D eigenvalue weighted by Gasteiger charge is -2.33. The molecule has 152 valence electrons. The molecule has 5 nitrogen and oxygen atoms in total. The Morgan fingerprint density at radius 1 is 1.00 bits per heavy atom. The number of amides is 1. The monoisotopic (exact) mass is 401 g/mol. The fourth-order valence-electron chi connectivity index (χ4n) is 3.54. The molecule has 1 heterocycles. The quantitative estimate of drug-likeness (QED) is 0.633. The highest BCUT2D eigenvalue weighted by Crippen LogP contribution is 2.28. The predicted octanol–water partition coefficient (Wildman–Crippen LogP) is 4.05. The highest BCUT2D eigenvalue weighted by Gasteiger charge is 2.42. The number of fused-ring (bicyclic) bond motifs is 1. The van der Waals surface area contributed by atoms with Gasteiger partial charge in [0, 0.05) is 13.0 Å². The summed E-state index contributed by atoms with van der Waals surface area (Å²) in [7, 11) is 0. The zero-order chi connectivity index (χ0) is 21.0. The van der Waals surface area contributed by atoms with Crippen molar-refractivity contribution < 1.29 is 19.1 Å². The number of nitrogens with one attached hydrogen (secondary N) is 1. The van der Waals surface area contributed by atoms with Crippen molar-refractivity contribution in [2.24, 2.45) is 0 Å². The third-order valence-electron chi connectivity index (χ3n) is 5.16. The third kappa shape index (κ3) is 4.35. The molecule has 4 rings (SSSR count). The van der Waals surface area contributed by atoms with Crippen LogP contribution in [0.3, 0.4) is 0 Å². The van der Waals surface area contributed by atoms with Crippen molar-refractivity contribution in [2.45, 2.75) is 32.1 Å². The molecule has 0 bridgehead atoms. The molecule has 5 heteroatoms. The maximum Gasteiger partial charge on any atom is 0.339 e. The van der Waals surface area contributed by atoms with Crippen molar-refractivity contribution in [3.8, 4) is 5.75 Å². The second-order valence-corrected chi connectivity index (χ2v) is 7.56. The number of para-hydroxylation sites is 1. The van der Waals surface area contributed by atoms with Gasteiger partial charge < -0.3 is 14.8 Å². The average molecular weight is 401 g/mol. The van der Waals surface area contributed by atoms with Gasteiger partial charge >= 0.3 is 5.97 Å². The van der Waals surface area contributed by atoms with Crippen LogP contribution >= 0.6 is 0 Å². The van der Waals surface area contributed by atoms with E-state index in [4.69, 9.17) is 9.47 Å². The Kier molecular flexibility index (Phi) is 5.53. The van der Waals surface area contributed by atoms with Gasteiger partial charge in [0.15, 0.2) is 5.60 Å². The lowest BCUT2D eigenvalue weighted by Crippen LogP contribution is -2.51. The van der Waals surface area contributed by atoms with E-state index >= 15 is 0 Å². The van der Waals surface area contributed by atoms with Gasteiger partial charge in [0.25, 0.3) is 5.91 Å². The number of ether oxygens (including phenoxy) is 2. The highest BCUT2D eigenvalue weighted by atomic mass is 16.6. The fourth-order valence-corrected chi connectivity index (χ4v) is 3.54. The summed E-state index contributed by atoms with van der Waals surface area (Å²) in [5.41, 5.74) is 2.08. The van der Waals surface area contributed by atoms with Crippen LogP contribution in [-0.4, -0.2) is 17.5 Å². The van der Waals surface area contributed by atoms with E-state index in [-0.39, 0.29) is 5.91 Å². The van der Waals surface area contributed by atoms with Crippen molar-refractivity contribution in [3.63, 3.8) is 0 Å². The second-order valence-electron chi connectivity index (χ2n) is 7.56. The summed E-state index contributed by atoms with van der Waals surface area (Å²) in [5.74, 6) is 0.0365.